The van der Waals surface area contributed by atoms with Crippen LogP contribution in [0, 0.1) is 10.1 Å². The normalized spacial score (nSPS) is 11.9. The van der Waals surface area contributed by atoms with Crippen LogP contribution >= 0.6 is 11.6 Å². The van der Waals surface area contributed by atoms with Crippen molar-refractivity contribution in [2.75, 3.05) is 11.8 Å². The third-order valence-corrected chi connectivity index (χ3v) is 4.88. The molecule has 0 amide bonds. The van der Waals surface area contributed by atoms with Gasteiger partial charge in [-0.2, -0.15) is 13.2 Å². The number of rotatable bonds is 5. The van der Waals surface area contributed by atoms with Gasteiger partial charge in [-0.15, -0.1) is 0 Å². The number of halogens is 4. The summed E-state index contributed by atoms with van der Waals surface area (Å²) in [4.78, 5) is 9.35. The zero-order chi connectivity index (χ0) is 19.7. The van der Waals surface area contributed by atoms with Crippen molar-refractivity contribution in [3.8, 4) is 5.75 Å². The number of nitro benzene ring substituents is 1. The molecule has 0 radical (unpaired) electrons. The van der Waals surface area contributed by atoms with E-state index in [1.54, 1.807) is 0 Å². The van der Waals surface area contributed by atoms with Crippen molar-refractivity contribution < 1.29 is 31.2 Å². The highest BCUT2D eigenvalue weighted by molar-refractivity contribution is 7.92. The molecular weight excluding hydrogens is 401 g/mol. The summed E-state index contributed by atoms with van der Waals surface area (Å²) in [5.41, 5.74) is -2.06. The second kappa shape index (κ2) is 7.00. The molecule has 7 nitrogen and oxygen atoms in total. The van der Waals surface area contributed by atoms with E-state index in [0.717, 1.165) is 30.3 Å². The molecule has 0 aliphatic carbocycles. The lowest BCUT2D eigenvalue weighted by Gasteiger charge is -2.14. The lowest BCUT2D eigenvalue weighted by Crippen LogP contribution is -2.15. The van der Waals surface area contributed by atoms with Gasteiger partial charge in [0.25, 0.3) is 15.7 Å². The number of nitrogens with zero attached hydrogens (tertiary/aromatic N) is 1. The first-order valence-electron chi connectivity index (χ1n) is 6.67. The third-order valence-electron chi connectivity index (χ3n) is 3.19. The Labute approximate surface area is 150 Å². The number of ether oxygens (including phenoxy) is 1. The summed E-state index contributed by atoms with van der Waals surface area (Å²) in [7, 11) is -3.30. The number of methoxy groups -OCH3 is 1. The van der Waals surface area contributed by atoms with Crippen molar-refractivity contribution in [3.05, 3.63) is 57.1 Å². The van der Waals surface area contributed by atoms with Gasteiger partial charge in [-0.3, -0.25) is 14.8 Å². The van der Waals surface area contributed by atoms with Gasteiger partial charge in [0.2, 0.25) is 0 Å². The van der Waals surface area contributed by atoms with Crippen LogP contribution in [-0.2, 0) is 16.2 Å². The predicted molar refractivity (Wildman–Crippen MR) is 86.9 cm³/mol. The van der Waals surface area contributed by atoms with E-state index in [4.69, 9.17) is 16.3 Å². The van der Waals surface area contributed by atoms with E-state index in [2.05, 4.69) is 0 Å². The first-order chi connectivity index (χ1) is 12.0. The topological polar surface area (TPSA) is 98.5 Å². The molecule has 0 aliphatic heterocycles. The van der Waals surface area contributed by atoms with Crippen molar-refractivity contribution in [2.45, 2.75) is 11.1 Å². The molecule has 0 unspecified atom stereocenters. The third kappa shape index (κ3) is 4.17. The van der Waals surface area contributed by atoms with Gasteiger partial charge in [0.05, 0.1) is 33.2 Å². The molecule has 0 saturated heterocycles. The van der Waals surface area contributed by atoms with Crippen molar-refractivity contribution in [1.82, 2.24) is 0 Å². The van der Waals surface area contributed by atoms with E-state index in [1.165, 1.54) is 7.11 Å². The van der Waals surface area contributed by atoms with Gasteiger partial charge < -0.3 is 4.74 Å². The van der Waals surface area contributed by atoms with Crippen LogP contribution in [0.25, 0.3) is 0 Å². The molecule has 0 spiro atoms. The van der Waals surface area contributed by atoms with E-state index >= 15 is 0 Å². The Kier molecular flexibility index (Phi) is 5.33. The SMILES string of the molecule is COc1ccc([N+](=O)[O-])cc1NS(=O)(=O)c1ccc(Cl)c(C(F)(F)F)c1. The molecule has 0 aromatic heterocycles. The lowest BCUT2D eigenvalue weighted by atomic mass is 10.2. The molecule has 2 aromatic rings. The summed E-state index contributed by atoms with van der Waals surface area (Å²) in [6, 6.07) is 5.17. The maximum Gasteiger partial charge on any atom is 0.417 e. The molecule has 0 aliphatic rings. The lowest BCUT2D eigenvalue weighted by molar-refractivity contribution is -0.384. The Hall–Kier alpha value is -2.53. The molecule has 0 heterocycles. The van der Waals surface area contributed by atoms with Gasteiger partial charge in [-0.05, 0) is 24.3 Å². The summed E-state index contributed by atoms with van der Waals surface area (Å²) < 4.78 is 70.4. The van der Waals surface area contributed by atoms with Crippen LogP contribution in [0.3, 0.4) is 0 Å². The first-order valence-corrected chi connectivity index (χ1v) is 8.54. The van der Waals surface area contributed by atoms with Crippen molar-refractivity contribution in [2.24, 2.45) is 0 Å². The highest BCUT2D eigenvalue weighted by atomic mass is 35.5. The Morgan fingerprint density at radius 2 is 1.85 bits per heavy atom. The minimum Gasteiger partial charge on any atom is -0.495 e. The summed E-state index contributed by atoms with van der Waals surface area (Å²) in [6.07, 6.45) is -4.86. The average molecular weight is 411 g/mol. The fourth-order valence-electron chi connectivity index (χ4n) is 1.98. The van der Waals surface area contributed by atoms with E-state index in [0.29, 0.717) is 6.07 Å². The van der Waals surface area contributed by atoms with Gasteiger partial charge in [0.1, 0.15) is 5.75 Å². The monoisotopic (exact) mass is 410 g/mol. The zero-order valence-electron chi connectivity index (χ0n) is 12.9. The largest absolute Gasteiger partial charge is 0.495 e. The summed E-state index contributed by atoms with van der Waals surface area (Å²) in [5, 5.41) is 10.2. The molecule has 0 saturated carbocycles. The van der Waals surface area contributed by atoms with Crippen molar-refractivity contribution >= 4 is 33.0 Å². The highest BCUT2D eigenvalue weighted by Gasteiger charge is 2.34. The Morgan fingerprint density at radius 3 is 2.38 bits per heavy atom. The average Bonchev–Trinajstić information content (AvgIpc) is 2.53. The van der Waals surface area contributed by atoms with Crippen LogP contribution in [0.2, 0.25) is 5.02 Å². The smallest absolute Gasteiger partial charge is 0.417 e. The van der Waals surface area contributed by atoms with Gasteiger partial charge >= 0.3 is 6.18 Å². The number of hydrogen-bond donors (Lipinski definition) is 1. The van der Waals surface area contributed by atoms with Crippen LogP contribution in [0.1, 0.15) is 5.56 Å². The Morgan fingerprint density at radius 1 is 1.19 bits per heavy atom. The maximum atomic E-state index is 12.9. The minimum absolute atomic E-state index is 0.0517. The quantitative estimate of drug-likeness (QED) is 0.591. The van der Waals surface area contributed by atoms with Crippen LogP contribution in [0.4, 0.5) is 24.5 Å². The van der Waals surface area contributed by atoms with E-state index in [9.17, 15) is 31.7 Å². The van der Waals surface area contributed by atoms with E-state index in [1.807, 2.05) is 4.72 Å². The fraction of sp³-hybridized carbons (Fsp3) is 0.143. The van der Waals surface area contributed by atoms with Gasteiger partial charge in [-0.1, -0.05) is 11.6 Å². The van der Waals surface area contributed by atoms with Gasteiger partial charge in [0, 0.05) is 12.1 Å². The van der Waals surface area contributed by atoms with Crippen LogP contribution in [0.5, 0.6) is 5.75 Å². The van der Waals surface area contributed by atoms with E-state index in [-0.39, 0.29) is 11.4 Å². The summed E-state index contributed by atoms with van der Waals surface area (Å²) in [5.74, 6) is -0.0517. The molecule has 0 bridgehead atoms. The van der Waals surface area contributed by atoms with Crippen LogP contribution in [-0.4, -0.2) is 20.5 Å². The van der Waals surface area contributed by atoms with Crippen LogP contribution < -0.4 is 9.46 Å². The number of nitrogens with one attached hydrogen (secondary N) is 1. The maximum absolute atomic E-state index is 12.9. The molecule has 12 heteroatoms. The molecule has 0 atom stereocenters. The molecule has 0 fully saturated rings. The van der Waals surface area contributed by atoms with Crippen molar-refractivity contribution in [3.63, 3.8) is 0 Å². The number of hydrogen-bond acceptors (Lipinski definition) is 5. The van der Waals surface area contributed by atoms with Gasteiger partial charge in [0.15, 0.2) is 0 Å². The fourth-order valence-corrected chi connectivity index (χ4v) is 3.29. The molecule has 2 rings (SSSR count). The second-order valence-corrected chi connectivity index (χ2v) is 6.98. The second-order valence-electron chi connectivity index (χ2n) is 4.89. The molecule has 140 valence electrons. The summed E-state index contributed by atoms with van der Waals surface area (Å²) in [6.45, 7) is 0. The first kappa shape index (κ1) is 19.8. The molecule has 2 aromatic carbocycles. The Bertz CT molecular complexity index is 964. The number of benzene rings is 2. The number of sulfonamides is 1. The number of anilines is 1. The molecule has 1 N–H and O–H groups in total. The van der Waals surface area contributed by atoms with Gasteiger partial charge in [-0.25, -0.2) is 8.42 Å². The zero-order valence-corrected chi connectivity index (χ0v) is 14.4. The predicted octanol–water partition coefficient (Wildman–Crippen LogP) is 4.08. The number of alkyl halides is 3. The highest BCUT2D eigenvalue weighted by Crippen LogP contribution is 2.37. The molecular formula is C14H10ClF3N2O5S. The van der Waals surface area contributed by atoms with Crippen molar-refractivity contribution in [1.29, 1.82) is 0 Å². The van der Waals surface area contributed by atoms with Crippen LogP contribution in [0.15, 0.2) is 41.3 Å². The number of non-ortho nitro benzene ring substituents is 1. The standard InChI is InChI=1S/C14H10ClF3N2O5S/c1-25-13-5-2-8(20(21)22)6-12(13)19-26(23,24)9-3-4-11(15)10(7-9)14(16,17)18/h2-7,19H,1H3. The van der Waals surface area contributed by atoms with E-state index < -0.39 is 42.3 Å². The minimum atomic E-state index is -4.86. The Balaban J connectivity index is 2.50. The summed E-state index contributed by atoms with van der Waals surface area (Å²) >= 11 is 5.46. The molecule has 26 heavy (non-hydrogen) atoms. The number of nitro groups is 1.